The lowest BCUT2D eigenvalue weighted by Crippen LogP contribution is -2.12. The van der Waals surface area contributed by atoms with Crippen molar-refractivity contribution in [2.75, 3.05) is 11.9 Å². The van der Waals surface area contributed by atoms with Crippen molar-refractivity contribution in [2.45, 2.75) is 39.7 Å². The van der Waals surface area contributed by atoms with Gasteiger partial charge in [0.05, 0.1) is 17.3 Å². The van der Waals surface area contributed by atoms with Gasteiger partial charge in [-0.3, -0.25) is 5.41 Å². The molecule has 156 valence electrons. The summed E-state index contributed by atoms with van der Waals surface area (Å²) in [6, 6.07) is 4.02. The largest absolute Gasteiger partial charge is 0.390 e. The van der Waals surface area contributed by atoms with Crippen molar-refractivity contribution in [1.82, 2.24) is 29.8 Å². The third-order valence-corrected chi connectivity index (χ3v) is 5.21. The zero-order valence-corrected chi connectivity index (χ0v) is 18.0. The van der Waals surface area contributed by atoms with Crippen LogP contribution in [-0.2, 0) is 0 Å². The fourth-order valence-corrected chi connectivity index (χ4v) is 3.54. The summed E-state index contributed by atoms with van der Waals surface area (Å²) < 4.78 is 2.18. The number of hydrogen-bond donors (Lipinski definition) is 3. The number of halogens is 1. The molecule has 1 saturated carbocycles. The first-order chi connectivity index (χ1) is 14.4. The van der Waals surface area contributed by atoms with E-state index in [1.54, 1.807) is 24.7 Å². The Labute approximate surface area is 180 Å². The van der Waals surface area contributed by atoms with E-state index in [1.807, 2.05) is 13.0 Å². The standard InChI is InChI=1S/C21H25ClN8/c1-12(2)30-13(3)27-16-11-26-19(8-17(16)30)28-18-6-7-25-21(29-18)15(20(22)23)10-24-9-14-4-5-14/h6-8,10-12,14,23-24H,4-5,9H2,1-3H3,(H,25,26,28,29)/b15-10+,23-20?. The highest BCUT2D eigenvalue weighted by Gasteiger charge is 2.20. The molecule has 0 atom stereocenters. The van der Waals surface area contributed by atoms with Crippen LogP contribution in [0.15, 0.2) is 30.7 Å². The van der Waals surface area contributed by atoms with Crippen molar-refractivity contribution in [3.05, 3.63) is 42.4 Å². The van der Waals surface area contributed by atoms with Crippen LogP contribution in [0.3, 0.4) is 0 Å². The molecule has 0 amide bonds. The number of pyridine rings is 1. The van der Waals surface area contributed by atoms with Gasteiger partial charge in [-0.1, -0.05) is 11.6 Å². The number of hydrogen-bond acceptors (Lipinski definition) is 7. The van der Waals surface area contributed by atoms with Crippen molar-refractivity contribution < 1.29 is 0 Å². The van der Waals surface area contributed by atoms with Gasteiger partial charge in [-0.15, -0.1) is 0 Å². The van der Waals surface area contributed by atoms with Crippen LogP contribution in [0.2, 0.25) is 0 Å². The molecular formula is C21H25ClN8. The van der Waals surface area contributed by atoms with Crippen LogP contribution in [0.4, 0.5) is 11.6 Å². The van der Waals surface area contributed by atoms with Crippen LogP contribution in [-0.4, -0.2) is 36.2 Å². The van der Waals surface area contributed by atoms with E-state index in [0.29, 0.717) is 35.0 Å². The minimum absolute atomic E-state index is 0.105. The molecule has 3 N–H and O–H groups in total. The van der Waals surface area contributed by atoms with Crippen molar-refractivity contribution in [2.24, 2.45) is 5.92 Å². The second-order valence-electron chi connectivity index (χ2n) is 7.80. The molecule has 4 rings (SSSR count). The Morgan fingerprint density at radius 3 is 2.80 bits per heavy atom. The zero-order chi connectivity index (χ0) is 21.3. The first kappa shape index (κ1) is 20.3. The van der Waals surface area contributed by atoms with E-state index in [-0.39, 0.29) is 5.17 Å². The fourth-order valence-electron chi connectivity index (χ4n) is 3.40. The summed E-state index contributed by atoms with van der Waals surface area (Å²) >= 11 is 5.99. The summed E-state index contributed by atoms with van der Waals surface area (Å²) in [5, 5.41) is 14.2. The average Bonchev–Trinajstić information content (AvgIpc) is 3.45. The number of nitrogens with one attached hydrogen (secondary N) is 3. The summed E-state index contributed by atoms with van der Waals surface area (Å²) in [7, 11) is 0. The molecule has 1 fully saturated rings. The van der Waals surface area contributed by atoms with Gasteiger partial charge in [0.15, 0.2) is 5.82 Å². The molecule has 1 aliphatic rings. The number of allylic oxidation sites excluding steroid dienone is 1. The Bertz CT molecular complexity index is 1110. The summed E-state index contributed by atoms with van der Waals surface area (Å²) in [5.41, 5.74) is 2.33. The number of aromatic nitrogens is 5. The highest BCUT2D eigenvalue weighted by Crippen LogP contribution is 2.28. The number of nitrogens with zero attached hydrogens (tertiary/aromatic N) is 5. The first-order valence-electron chi connectivity index (χ1n) is 10.1. The predicted octanol–water partition coefficient (Wildman–Crippen LogP) is 4.41. The van der Waals surface area contributed by atoms with E-state index in [2.05, 4.69) is 49.0 Å². The Hall–Kier alpha value is -3.00. The van der Waals surface area contributed by atoms with Crippen molar-refractivity contribution in [3.8, 4) is 0 Å². The highest BCUT2D eigenvalue weighted by molar-refractivity contribution is 6.75. The van der Waals surface area contributed by atoms with E-state index < -0.39 is 0 Å². The number of aryl methyl sites for hydroxylation is 1. The maximum Gasteiger partial charge on any atom is 0.166 e. The van der Waals surface area contributed by atoms with Crippen molar-refractivity contribution >= 4 is 45.0 Å². The second-order valence-corrected chi connectivity index (χ2v) is 8.17. The summed E-state index contributed by atoms with van der Waals surface area (Å²) in [6.07, 6.45) is 7.61. The minimum atomic E-state index is -0.105. The van der Waals surface area contributed by atoms with Gasteiger partial charge in [0.2, 0.25) is 0 Å². The maximum atomic E-state index is 7.87. The number of rotatable bonds is 8. The van der Waals surface area contributed by atoms with Crippen LogP contribution < -0.4 is 10.6 Å². The number of imidazole rings is 1. The van der Waals surface area contributed by atoms with Gasteiger partial charge in [0.25, 0.3) is 0 Å². The van der Waals surface area contributed by atoms with E-state index in [0.717, 1.165) is 23.4 Å². The van der Waals surface area contributed by atoms with E-state index >= 15 is 0 Å². The SMILES string of the molecule is Cc1nc2cnc(Nc3ccnc(/C(=C/NCC4CC4)C(=N)Cl)n3)cc2n1C(C)C. The smallest absolute Gasteiger partial charge is 0.166 e. The van der Waals surface area contributed by atoms with Gasteiger partial charge >= 0.3 is 0 Å². The fraction of sp³-hybridized carbons (Fsp3) is 0.381. The topological polar surface area (TPSA) is 104 Å². The lowest BCUT2D eigenvalue weighted by Gasteiger charge is -2.12. The molecule has 8 nitrogen and oxygen atoms in total. The van der Waals surface area contributed by atoms with Crippen LogP contribution in [0.1, 0.15) is 44.4 Å². The van der Waals surface area contributed by atoms with Gasteiger partial charge in [-0.25, -0.2) is 19.9 Å². The van der Waals surface area contributed by atoms with Gasteiger partial charge in [-0.05, 0) is 45.6 Å². The van der Waals surface area contributed by atoms with Gasteiger partial charge in [0, 0.05) is 31.0 Å². The van der Waals surface area contributed by atoms with Crippen LogP contribution in [0.5, 0.6) is 0 Å². The summed E-state index contributed by atoms with van der Waals surface area (Å²) in [4.78, 5) is 17.9. The first-order valence-corrected chi connectivity index (χ1v) is 10.4. The molecule has 30 heavy (non-hydrogen) atoms. The van der Waals surface area contributed by atoms with Crippen LogP contribution in [0, 0.1) is 18.3 Å². The predicted molar refractivity (Wildman–Crippen MR) is 120 cm³/mol. The normalized spacial score (nSPS) is 14.4. The van der Waals surface area contributed by atoms with Crippen LogP contribution >= 0.6 is 11.6 Å². The Balaban J connectivity index is 1.59. The third-order valence-electron chi connectivity index (χ3n) is 5.01. The molecule has 0 saturated heterocycles. The minimum Gasteiger partial charge on any atom is -0.390 e. The lowest BCUT2D eigenvalue weighted by atomic mass is 10.2. The maximum absolute atomic E-state index is 7.87. The lowest BCUT2D eigenvalue weighted by molar-refractivity contribution is 0.600. The Morgan fingerprint density at radius 1 is 1.30 bits per heavy atom. The molecule has 0 unspecified atom stereocenters. The molecule has 0 bridgehead atoms. The van der Waals surface area contributed by atoms with Crippen molar-refractivity contribution in [3.63, 3.8) is 0 Å². The molecule has 0 spiro atoms. The number of anilines is 2. The van der Waals surface area contributed by atoms with E-state index in [4.69, 9.17) is 17.0 Å². The molecule has 0 aliphatic heterocycles. The molecule has 3 aromatic heterocycles. The van der Waals surface area contributed by atoms with E-state index in [9.17, 15) is 0 Å². The molecule has 3 heterocycles. The molecule has 0 aromatic carbocycles. The van der Waals surface area contributed by atoms with Gasteiger partial charge in [0.1, 0.15) is 28.1 Å². The molecule has 9 heteroatoms. The zero-order valence-electron chi connectivity index (χ0n) is 17.3. The quantitative estimate of drug-likeness (QED) is 0.462. The van der Waals surface area contributed by atoms with Gasteiger partial charge < -0.3 is 15.2 Å². The Morgan fingerprint density at radius 2 is 2.10 bits per heavy atom. The second kappa shape index (κ2) is 8.39. The number of fused-ring (bicyclic) bond motifs is 1. The third kappa shape index (κ3) is 4.43. The Kier molecular flexibility index (Phi) is 5.67. The average molecular weight is 425 g/mol. The molecule has 0 radical (unpaired) electrons. The molecular weight excluding hydrogens is 400 g/mol. The van der Waals surface area contributed by atoms with Crippen LogP contribution in [0.25, 0.3) is 16.6 Å². The highest BCUT2D eigenvalue weighted by atomic mass is 35.5. The van der Waals surface area contributed by atoms with Gasteiger partial charge in [-0.2, -0.15) is 0 Å². The summed E-state index contributed by atoms with van der Waals surface area (Å²) in [5.74, 6) is 3.28. The van der Waals surface area contributed by atoms with Crippen molar-refractivity contribution in [1.29, 1.82) is 5.41 Å². The molecule has 1 aliphatic carbocycles. The van der Waals surface area contributed by atoms with E-state index in [1.165, 1.54) is 12.8 Å². The monoisotopic (exact) mass is 424 g/mol. The summed E-state index contributed by atoms with van der Waals surface area (Å²) in [6.45, 7) is 7.13. The molecule has 3 aromatic rings.